The molecule has 3 heteroatoms. The summed E-state index contributed by atoms with van der Waals surface area (Å²) in [6, 6.07) is 6.49. The molecule has 0 spiro atoms. The molecule has 0 unspecified atom stereocenters. The van der Waals surface area contributed by atoms with E-state index in [0.717, 1.165) is 11.9 Å². The van der Waals surface area contributed by atoms with Gasteiger partial charge in [-0.15, -0.1) is 0 Å². The fraction of sp³-hybridized carbons (Fsp3) is 0.462. The Kier molecular flexibility index (Phi) is 2.89. The predicted octanol–water partition coefficient (Wildman–Crippen LogP) is 3.86. The van der Waals surface area contributed by atoms with Crippen molar-refractivity contribution in [3.63, 3.8) is 0 Å². The summed E-state index contributed by atoms with van der Waals surface area (Å²) in [5.41, 5.74) is 8.44. The Morgan fingerprint density at radius 3 is 2.81 bits per heavy atom. The van der Waals surface area contributed by atoms with Crippen molar-refractivity contribution in [2.75, 3.05) is 5.73 Å². The van der Waals surface area contributed by atoms with Gasteiger partial charge < -0.3 is 5.73 Å². The van der Waals surface area contributed by atoms with E-state index < -0.39 is 0 Å². The summed E-state index contributed by atoms with van der Waals surface area (Å²) in [4.78, 5) is 4.33. The van der Waals surface area contributed by atoms with Crippen LogP contribution in [0.2, 0.25) is 0 Å². The zero-order chi connectivity index (χ0) is 11.8. The van der Waals surface area contributed by atoms with E-state index in [-0.39, 0.29) is 0 Å². The number of nitrogens with zero attached hydrogens (tertiary/aromatic N) is 1. The first kappa shape index (κ1) is 11.4. The quantitative estimate of drug-likeness (QED) is 0.876. The van der Waals surface area contributed by atoms with Gasteiger partial charge in [0.15, 0.2) is 5.13 Å². The van der Waals surface area contributed by atoms with Crippen LogP contribution < -0.4 is 5.73 Å². The van der Waals surface area contributed by atoms with Crippen molar-refractivity contribution in [1.82, 2.24) is 4.98 Å². The van der Waals surface area contributed by atoms with E-state index in [0.29, 0.717) is 10.5 Å². The fourth-order valence-electron chi connectivity index (χ4n) is 1.78. The number of anilines is 1. The molecule has 1 aromatic carbocycles. The highest BCUT2D eigenvalue weighted by Crippen LogP contribution is 2.29. The Hall–Kier alpha value is -1.09. The lowest BCUT2D eigenvalue weighted by Crippen LogP contribution is -2.13. The largest absolute Gasteiger partial charge is 0.375 e. The van der Waals surface area contributed by atoms with Crippen LogP contribution in [0.15, 0.2) is 18.2 Å². The molecule has 1 aromatic heterocycles. The minimum absolute atomic E-state index is 0.356. The molecule has 1 heterocycles. The number of nitrogen functional groups attached to an aromatic ring is 1. The van der Waals surface area contributed by atoms with E-state index in [1.807, 2.05) is 0 Å². The van der Waals surface area contributed by atoms with Crippen molar-refractivity contribution in [2.45, 2.75) is 33.6 Å². The number of rotatable bonds is 3. The smallest absolute Gasteiger partial charge is 0.181 e. The molecule has 0 fully saturated rings. The molecule has 86 valence electrons. The minimum atomic E-state index is 0.356. The highest BCUT2D eigenvalue weighted by Gasteiger charge is 2.16. The maximum Gasteiger partial charge on any atom is 0.181 e. The predicted molar refractivity (Wildman–Crippen MR) is 71.8 cm³/mol. The normalized spacial score (nSPS) is 12.2. The second kappa shape index (κ2) is 4.06. The Morgan fingerprint density at radius 1 is 1.38 bits per heavy atom. The topological polar surface area (TPSA) is 38.9 Å². The summed E-state index contributed by atoms with van der Waals surface area (Å²) in [7, 11) is 0. The third-order valence-corrected chi connectivity index (χ3v) is 3.97. The van der Waals surface area contributed by atoms with E-state index >= 15 is 0 Å². The van der Waals surface area contributed by atoms with E-state index in [1.54, 1.807) is 11.3 Å². The Bertz CT molecular complexity index is 500. The number of hydrogen-bond donors (Lipinski definition) is 1. The van der Waals surface area contributed by atoms with Crippen molar-refractivity contribution in [3.8, 4) is 0 Å². The lowest BCUT2D eigenvalue weighted by atomic mass is 9.83. The van der Waals surface area contributed by atoms with Crippen LogP contribution in [0.25, 0.3) is 10.2 Å². The summed E-state index contributed by atoms with van der Waals surface area (Å²) in [6.45, 7) is 6.83. The van der Waals surface area contributed by atoms with Gasteiger partial charge in [-0.25, -0.2) is 4.98 Å². The average Bonchev–Trinajstić information content (AvgIpc) is 2.57. The molecule has 0 aliphatic rings. The van der Waals surface area contributed by atoms with Gasteiger partial charge in [0.25, 0.3) is 0 Å². The lowest BCUT2D eigenvalue weighted by molar-refractivity contribution is 0.349. The molecule has 0 aliphatic heterocycles. The van der Waals surface area contributed by atoms with Crippen LogP contribution in [-0.2, 0) is 6.42 Å². The summed E-state index contributed by atoms with van der Waals surface area (Å²) >= 11 is 1.55. The number of benzene rings is 1. The fourth-order valence-corrected chi connectivity index (χ4v) is 2.49. The number of fused-ring (bicyclic) bond motifs is 1. The first-order chi connectivity index (χ1) is 7.50. The number of thiazole rings is 1. The summed E-state index contributed by atoms with van der Waals surface area (Å²) < 4.78 is 1.18. The van der Waals surface area contributed by atoms with Gasteiger partial charge in [0.05, 0.1) is 10.2 Å². The molecular weight excluding hydrogens is 216 g/mol. The molecular formula is C13H18N2S. The van der Waals surface area contributed by atoms with Crippen molar-refractivity contribution < 1.29 is 0 Å². The molecule has 2 rings (SSSR count). The molecule has 16 heavy (non-hydrogen) atoms. The summed E-state index contributed by atoms with van der Waals surface area (Å²) in [5, 5.41) is 0.655. The second-order valence-electron chi connectivity index (χ2n) is 5.05. The first-order valence-corrected chi connectivity index (χ1v) is 6.47. The van der Waals surface area contributed by atoms with Gasteiger partial charge in [-0.05, 0) is 29.5 Å². The van der Waals surface area contributed by atoms with E-state index in [4.69, 9.17) is 5.73 Å². The number of nitrogens with two attached hydrogens (primary N) is 1. The van der Waals surface area contributed by atoms with Crippen LogP contribution in [-0.4, -0.2) is 4.98 Å². The van der Waals surface area contributed by atoms with Gasteiger partial charge in [-0.2, -0.15) is 0 Å². The van der Waals surface area contributed by atoms with Gasteiger partial charge in [-0.3, -0.25) is 0 Å². The molecule has 0 saturated heterocycles. The molecule has 0 aliphatic carbocycles. The highest BCUT2D eigenvalue weighted by molar-refractivity contribution is 7.22. The van der Waals surface area contributed by atoms with E-state index in [2.05, 4.69) is 44.0 Å². The van der Waals surface area contributed by atoms with E-state index in [1.165, 1.54) is 16.7 Å². The molecule has 0 bridgehead atoms. The van der Waals surface area contributed by atoms with Crippen LogP contribution in [0.5, 0.6) is 0 Å². The van der Waals surface area contributed by atoms with Gasteiger partial charge in [0.1, 0.15) is 0 Å². The monoisotopic (exact) mass is 234 g/mol. The van der Waals surface area contributed by atoms with Gasteiger partial charge >= 0.3 is 0 Å². The molecule has 2 aromatic rings. The van der Waals surface area contributed by atoms with Gasteiger partial charge in [-0.1, -0.05) is 44.6 Å². The molecule has 0 amide bonds. The van der Waals surface area contributed by atoms with Crippen molar-refractivity contribution in [1.29, 1.82) is 0 Å². The maximum absolute atomic E-state index is 5.70. The van der Waals surface area contributed by atoms with Crippen molar-refractivity contribution in [2.24, 2.45) is 5.41 Å². The summed E-state index contributed by atoms with van der Waals surface area (Å²) in [6.07, 6.45) is 2.28. The zero-order valence-corrected chi connectivity index (χ0v) is 10.9. The van der Waals surface area contributed by atoms with Gasteiger partial charge in [0.2, 0.25) is 0 Å². The molecule has 0 radical (unpaired) electrons. The standard InChI is InChI=1S/C13H18N2S/c1-4-13(2,3)8-9-5-6-11-10(7-9)15-12(14)16-11/h5-7H,4,8H2,1-3H3,(H2,14,15). The van der Waals surface area contributed by atoms with Crippen LogP contribution >= 0.6 is 11.3 Å². The van der Waals surface area contributed by atoms with Crippen LogP contribution in [0.3, 0.4) is 0 Å². The van der Waals surface area contributed by atoms with Crippen LogP contribution in [0.4, 0.5) is 5.13 Å². The Morgan fingerprint density at radius 2 is 2.12 bits per heavy atom. The van der Waals surface area contributed by atoms with Crippen LogP contribution in [0.1, 0.15) is 32.8 Å². The highest BCUT2D eigenvalue weighted by atomic mass is 32.1. The maximum atomic E-state index is 5.70. The number of aromatic nitrogens is 1. The molecule has 2 N–H and O–H groups in total. The molecule has 2 nitrogen and oxygen atoms in total. The third-order valence-electron chi connectivity index (χ3n) is 3.11. The minimum Gasteiger partial charge on any atom is -0.375 e. The van der Waals surface area contributed by atoms with Gasteiger partial charge in [0, 0.05) is 0 Å². The molecule has 0 atom stereocenters. The first-order valence-electron chi connectivity index (χ1n) is 5.65. The number of hydrogen-bond acceptors (Lipinski definition) is 3. The molecule has 0 saturated carbocycles. The lowest BCUT2D eigenvalue weighted by Gasteiger charge is -2.22. The van der Waals surface area contributed by atoms with Crippen molar-refractivity contribution >= 4 is 26.7 Å². The van der Waals surface area contributed by atoms with Crippen LogP contribution in [0, 0.1) is 5.41 Å². The third kappa shape index (κ3) is 2.35. The Labute approximate surface area is 101 Å². The second-order valence-corrected chi connectivity index (χ2v) is 6.11. The average molecular weight is 234 g/mol. The SMILES string of the molecule is CCC(C)(C)Cc1ccc2sc(N)nc2c1. The summed E-state index contributed by atoms with van der Waals surface area (Å²) in [5.74, 6) is 0. The zero-order valence-electron chi connectivity index (χ0n) is 10.1. The Balaban J connectivity index is 2.32. The van der Waals surface area contributed by atoms with E-state index in [9.17, 15) is 0 Å². The van der Waals surface area contributed by atoms with Crippen molar-refractivity contribution in [3.05, 3.63) is 23.8 Å².